The zero-order valence-corrected chi connectivity index (χ0v) is 17.7. The van der Waals surface area contributed by atoms with E-state index < -0.39 is 0 Å². The molecule has 2 aromatic carbocycles. The van der Waals surface area contributed by atoms with E-state index in [9.17, 15) is 4.79 Å². The van der Waals surface area contributed by atoms with Gasteiger partial charge in [0.25, 0.3) is 5.91 Å². The molecular formula is C23H26N4O4. The molecule has 0 saturated carbocycles. The summed E-state index contributed by atoms with van der Waals surface area (Å²) >= 11 is 0. The van der Waals surface area contributed by atoms with Crippen molar-refractivity contribution in [3.63, 3.8) is 0 Å². The fourth-order valence-corrected chi connectivity index (χ4v) is 3.56. The molecule has 1 saturated heterocycles. The summed E-state index contributed by atoms with van der Waals surface area (Å²) in [5.74, 6) is 3.03. The molecule has 0 spiro atoms. The average molecular weight is 422 g/mol. The molecular weight excluding hydrogens is 396 g/mol. The van der Waals surface area contributed by atoms with Crippen molar-refractivity contribution in [3.05, 3.63) is 60.9 Å². The van der Waals surface area contributed by atoms with E-state index in [2.05, 4.69) is 9.88 Å². The molecule has 1 aliphatic rings. The second kappa shape index (κ2) is 9.42. The smallest absolute Gasteiger partial charge is 0.260 e. The highest BCUT2D eigenvalue weighted by atomic mass is 16.5. The van der Waals surface area contributed by atoms with Crippen molar-refractivity contribution in [1.29, 1.82) is 0 Å². The first-order valence-corrected chi connectivity index (χ1v) is 10.2. The lowest BCUT2D eigenvalue weighted by molar-refractivity contribution is -0.133. The van der Waals surface area contributed by atoms with Crippen molar-refractivity contribution < 1.29 is 19.0 Å². The van der Waals surface area contributed by atoms with Crippen LogP contribution in [0.15, 0.2) is 60.9 Å². The molecule has 0 radical (unpaired) electrons. The number of rotatable bonds is 7. The van der Waals surface area contributed by atoms with Gasteiger partial charge in [-0.15, -0.1) is 0 Å². The number of piperazine rings is 1. The first kappa shape index (κ1) is 20.6. The minimum Gasteiger partial charge on any atom is -0.497 e. The van der Waals surface area contributed by atoms with Gasteiger partial charge in [-0.1, -0.05) is 6.07 Å². The Labute approximate surface area is 181 Å². The summed E-state index contributed by atoms with van der Waals surface area (Å²) in [4.78, 5) is 21.1. The fourth-order valence-electron chi connectivity index (χ4n) is 3.56. The maximum absolute atomic E-state index is 12.6. The summed E-state index contributed by atoms with van der Waals surface area (Å²) in [5.41, 5.74) is 0.984. The van der Waals surface area contributed by atoms with Crippen LogP contribution < -0.4 is 19.1 Å². The molecule has 0 unspecified atom stereocenters. The average Bonchev–Trinajstić information content (AvgIpc) is 3.33. The zero-order valence-electron chi connectivity index (χ0n) is 17.7. The Balaban J connectivity index is 1.33. The largest absolute Gasteiger partial charge is 0.497 e. The molecule has 1 aromatic heterocycles. The lowest BCUT2D eigenvalue weighted by atomic mass is 10.3. The van der Waals surface area contributed by atoms with E-state index in [4.69, 9.17) is 14.2 Å². The van der Waals surface area contributed by atoms with Crippen molar-refractivity contribution in [1.82, 2.24) is 14.5 Å². The SMILES string of the molecule is COc1ccc(OCC(=O)N2CCN(c3nccn3-c3cccc(OC)c3)CC2)cc1. The van der Waals surface area contributed by atoms with E-state index in [1.54, 1.807) is 32.5 Å². The van der Waals surface area contributed by atoms with E-state index in [0.29, 0.717) is 31.9 Å². The predicted octanol–water partition coefficient (Wildman–Crippen LogP) is 2.62. The number of anilines is 1. The van der Waals surface area contributed by atoms with Crippen LogP contribution in [-0.2, 0) is 4.79 Å². The standard InChI is InChI=1S/C23H26N4O4/c1-29-19-6-8-20(9-7-19)31-17-22(28)25-12-14-26(15-13-25)23-24-10-11-27(23)18-4-3-5-21(16-18)30-2/h3-11,16H,12-15,17H2,1-2H3. The van der Waals surface area contributed by atoms with Crippen molar-refractivity contribution in [2.24, 2.45) is 0 Å². The number of nitrogens with zero attached hydrogens (tertiary/aromatic N) is 4. The molecule has 0 N–H and O–H groups in total. The Morgan fingerprint density at radius 2 is 1.65 bits per heavy atom. The number of amides is 1. The molecule has 2 heterocycles. The van der Waals surface area contributed by atoms with Gasteiger partial charge in [0.2, 0.25) is 5.95 Å². The normalized spacial score (nSPS) is 13.7. The van der Waals surface area contributed by atoms with E-state index in [1.165, 1.54) is 0 Å². The van der Waals surface area contributed by atoms with Crippen molar-refractivity contribution >= 4 is 11.9 Å². The summed E-state index contributed by atoms with van der Waals surface area (Å²) in [6, 6.07) is 15.1. The summed E-state index contributed by atoms with van der Waals surface area (Å²) in [7, 11) is 3.27. The van der Waals surface area contributed by atoms with Gasteiger partial charge in [0.05, 0.1) is 19.9 Å². The Morgan fingerprint density at radius 1 is 0.935 bits per heavy atom. The first-order chi connectivity index (χ1) is 15.2. The van der Waals surface area contributed by atoms with E-state index in [-0.39, 0.29) is 12.5 Å². The van der Waals surface area contributed by atoms with Crippen molar-refractivity contribution in [3.8, 4) is 22.9 Å². The minimum absolute atomic E-state index is 0.0186. The third-order valence-electron chi connectivity index (χ3n) is 5.29. The number of benzene rings is 2. The van der Waals surface area contributed by atoms with Gasteiger partial charge >= 0.3 is 0 Å². The molecule has 162 valence electrons. The van der Waals surface area contributed by atoms with E-state index in [0.717, 1.165) is 23.1 Å². The van der Waals surface area contributed by atoms with Crippen LogP contribution in [0.3, 0.4) is 0 Å². The molecule has 8 heteroatoms. The molecule has 4 rings (SSSR count). The number of carbonyl (C=O) groups is 1. The predicted molar refractivity (Wildman–Crippen MR) is 117 cm³/mol. The summed E-state index contributed by atoms with van der Waals surface area (Å²) < 4.78 is 18.1. The molecule has 1 fully saturated rings. The Hall–Kier alpha value is -3.68. The Kier molecular flexibility index (Phi) is 6.26. The molecule has 1 aliphatic heterocycles. The third kappa shape index (κ3) is 4.74. The number of ether oxygens (including phenoxy) is 3. The number of aromatic nitrogens is 2. The van der Waals surface area contributed by atoms with Gasteiger partial charge in [-0.05, 0) is 36.4 Å². The van der Waals surface area contributed by atoms with Crippen LogP contribution in [0, 0.1) is 0 Å². The lowest BCUT2D eigenvalue weighted by Crippen LogP contribution is -2.50. The highest BCUT2D eigenvalue weighted by Crippen LogP contribution is 2.23. The van der Waals surface area contributed by atoms with Crippen LogP contribution >= 0.6 is 0 Å². The molecule has 0 atom stereocenters. The Bertz CT molecular complexity index is 1010. The van der Waals surface area contributed by atoms with Crippen molar-refractivity contribution in [2.75, 3.05) is 51.9 Å². The van der Waals surface area contributed by atoms with E-state index in [1.807, 2.05) is 52.1 Å². The monoisotopic (exact) mass is 422 g/mol. The molecule has 0 aliphatic carbocycles. The number of carbonyl (C=O) groups excluding carboxylic acids is 1. The maximum atomic E-state index is 12.6. The van der Waals surface area contributed by atoms with Crippen LogP contribution in [0.25, 0.3) is 5.69 Å². The molecule has 0 bridgehead atoms. The number of methoxy groups -OCH3 is 2. The zero-order chi connectivity index (χ0) is 21.6. The van der Waals surface area contributed by atoms with E-state index >= 15 is 0 Å². The third-order valence-corrected chi connectivity index (χ3v) is 5.29. The topological polar surface area (TPSA) is 69.1 Å². The van der Waals surface area contributed by atoms with Gasteiger partial charge in [0, 0.05) is 44.6 Å². The van der Waals surface area contributed by atoms with Crippen LogP contribution in [0.5, 0.6) is 17.2 Å². The Morgan fingerprint density at radius 3 is 2.35 bits per heavy atom. The molecule has 1 amide bonds. The number of hydrogen-bond acceptors (Lipinski definition) is 6. The van der Waals surface area contributed by atoms with Crippen LogP contribution in [0.1, 0.15) is 0 Å². The minimum atomic E-state index is -0.0217. The summed E-state index contributed by atoms with van der Waals surface area (Å²) in [5, 5.41) is 0. The highest BCUT2D eigenvalue weighted by Gasteiger charge is 2.24. The molecule has 3 aromatic rings. The second-order valence-corrected chi connectivity index (χ2v) is 7.13. The second-order valence-electron chi connectivity index (χ2n) is 7.13. The molecule has 8 nitrogen and oxygen atoms in total. The fraction of sp³-hybridized carbons (Fsp3) is 0.304. The van der Waals surface area contributed by atoms with Crippen molar-refractivity contribution in [2.45, 2.75) is 0 Å². The highest BCUT2D eigenvalue weighted by molar-refractivity contribution is 5.78. The first-order valence-electron chi connectivity index (χ1n) is 10.2. The van der Waals surface area contributed by atoms with Crippen LogP contribution in [0.4, 0.5) is 5.95 Å². The van der Waals surface area contributed by atoms with Gasteiger partial charge in [-0.3, -0.25) is 9.36 Å². The number of imidazole rings is 1. The van der Waals surface area contributed by atoms with Gasteiger partial charge < -0.3 is 24.0 Å². The van der Waals surface area contributed by atoms with Crippen LogP contribution in [0.2, 0.25) is 0 Å². The molecule has 31 heavy (non-hydrogen) atoms. The van der Waals surface area contributed by atoms with Crippen LogP contribution in [-0.4, -0.2) is 67.4 Å². The maximum Gasteiger partial charge on any atom is 0.260 e. The van der Waals surface area contributed by atoms with Gasteiger partial charge in [-0.25, -0.2) is 4.98 Å². The van der Waals surface area contributed by atoms with Gasteiger partial charge in [-0.2, -0.15) is 0 Å². The summed E-state index contributed by atoms with van der Waals surface area (Å²) in [6.45, 7) is 2.67. The quantitative estimate of drug-likeness (QED) is 0.583. The van der Waals surface area contributed by atoms with Gasteiger partial charge in [0.1, 0.15) is 17.2 Å². The number of hydrogen-bond donors (Lipinski definition) is 0. The van der Waals surface area contributed by atoms with Gasteiger partial charge in [0.15, 0.2) is 6.61 Å². The lowest BCUT2D eigenvalue weighted by Gasteiger charge is -2.35. The summed E-state index contributed by atoms with van der Waals surface area (Å²) in [6.07, 6.45) is 3.72.